The fraction of sp³-hybridized carbons (Fsp3) is 0.273. The second-order valence-corrected chi connectivity index (χ2v) is 7.84. The summed E-state index contributed by atoms with van der Waals surface area (Å²) in [7, 11) is 0. The summed E-state index contributed by atoms with van der Waals surface area (Å²) in [4.78, 5) is 25.4. The standard InChI is InChI=1S/C22H20BrFN4O2/c1-14-25-12-19(18(10-23)27-14)30-13-22(15-5-3-2-4-6-15)9-17(22)21(29)28-20-8-7-16(24)11-26-20/h2-8,11-12,17H,9-10,13H2,1H3,(H,26,28,29)/t17-,22+/m0/s1. The van der Waals surface area contributed by atoms with Crippen LogP contribution in [0.1, 0.15) is 23.5 Å². The predicted molar refractivity (Wildman–Crippen MR) is 114 cm³/mol. The highest BCUT2D eigenvalue weighted by Crippen LogP contribution is 2.55. The van der Waals surface area contributed by atoms with Gasteiger partial charge in [0.1, 0.15) is 17.5 Å². The van der Waals surface area contributed by atoms with Crippen molar-refractivity contribution in [2.75, 3.05) is 11.9 Å². The molecule has 30 heavy (non-hydrogen) atoms. The summed E-state index contributed by atoms with van der Waals surface area (Å²) < 4.78 is 19.2. The molecule has 1 saturated carbocycles. The second kappa shape index (κ2) is 8.47. The molecule has 1 aliphatic carbocycles. The molecule has 2 atom stereocenters. The molecule has 154 valence electrons. The molecule has 8 heteroatoms. The van der Waals surface area contributed by atoms with E-state index in [1.54, 1.807) is 6.20 Å². The van der Waals surface area contributed by atoms with Crippen molar-refractivity contribution in [2.45, 2.75) is 24.1 Å². The van der Waals surface area contributed by atoms with Crippen LogP contribution in [-0.4, -0.2) is 27.5 Å². The van der Waals surface area contributed by atoms with E-state index in [1.165, 1.54) is 12.1 Å². The lowest BCUT2D eigenvalue weighted by molar-refractivity contribution is -0.117. The molecule has 0 aliphatic heterocycles. The number of amides is 1. The quantitative estimate of drug-likeness (QED) is 0.523. The van der Waals surface area contributed by atoms with Crippen LogP contribution in [0.15, 0.2) is 54.9 Å². The third-order valence-electron chi connectivity index (χ3n) is 5.28. The van der Waals surface area contributed by atoms with Crippen molar-refractivity contribution in [3.63, 3.8) is 0 Å². The smallest absolute Gasteiger partial charge is 0.229 e. The fourth-order valence-electron chi connectivity index (χ4n) is 3.57. The van der Waals surface area contributed by atoms with Crippen molar-refractivity contribution in [3.8, 4) is 5.75 Å². The van der Waals surface area contributed by atoms with E-state index in [4.69, 9.17) is 4.74 Å². The third-order valence-corrected chi connectivity index (χ3v) is 5.81. The number of rotatable bonds is 7. The molecule has 3 aromatic rings. The maximum atomic E-state index is 13.1. The first-order valence-electron chi connectivity index (χ1n) is 9.51. The number of pyridine rings is 1. The number of carbonyl (C=O) groups excluding carboxylic acids is 1. The monoisotopic (exact) mass is 470 g/mol. The van der Waals surface area contributed by atoms with Gasteiger partial charge in [0.2, 0.25) is 5.91 Å². The number of nitrogens with zero attached hydrogens (tertiary/aromatic N) is 3. The molecule has 1 N–H and O–H groups in total. The van der Waals surface area contributed by atoms with Gasteiger partial charge in [-0.1, -0.05) is 46.3 Å². The van der Waals surface area contributed by atoms with Crippen LogP contribution in [0.5, 0.6) is 5.75 Å². The third kappa shape index (κ3) is 4.18. The highest BCUT2D eigenvalue weighted by atomic mass is 79.9. The van der Waals surface area contributed by atoms with Gasteiger partial charge < -0.3 is 10.1 Å². The van der Waals surface area contributed by atoms with E-state index in [9.17, 15) is 9.18 Å². The summed E-state index contributed by atoms with van der Waals surface area (Å²) in [5, 5.41) is 3.33. The zero-order valence-electron chi connectivity index (χ0n) is 16.3. The van der Waals surface area contributed by atoms with Gasteiger partial charge in [-0.25, -0.2) is 19.3 Å². The number of hydrogen-bond acceptors (Lipinski definition) is 5. The lowest BCUT2D eigenvalue weighted by atomic mass is 9.93. The topological polar surface area (TPSA) is 77.0 Å². The van der Waals surface area contributed by atoms with Gasteiger partial charge in [0.25, 0.3) is 0 Å². The average molecular weight is 471 g/mol. The summed E-state index contributed by atoms with van der Waals surface area (Å²) in [5.74, 6) is 0.691. The number of aromatic nitrogens is 3. The molecule has 2 heterocycles. The first-order chi connectivity index (χ1) is 14.5. The Morgan fingerprint density at radius 2 is 2.03 bits per heavy atom. The summed E-state index contributed by atoms with van der Waals surface area (Å²) in [6.45, 7) is 2.14. The van der Waals surface area contributed by atoms with E-state index < -0.39 is 11.2 Å². The fourth-order valence-corrected chi connectivity index (χ4v) is 3.97. The van der Waals surface area contributed by atoms with Gasteiger partial charge in [0.05, 0.1) is 30.6 Å². The van der Waals surface area contributed by atoms with E-state index in [2.05, 4.69) is 36.2 Å². The van der Waals surface area contributed by atoms with Crippen molar-refractivity contribution < 1.29 is 13.9 Å². The Morgan fingerprint density at radius 3 is 2.73 bits per heavy atom. The molecular weight excluding hydrogens is 451 g/mol. The zero-order valence-corrected chi connectivity index (χ0v) is 17.9. The van der Waals surface area contributed by atoms with Crippen molar-refractivity contribution >= 4 is 27.7 Å². The highest BCUT2D eigenvalue weighted by Gasteiger charge is 2.60. The van der Waals surface area contributed by atoms with Gasteiger partial charge >= 0.3 is 0 Å². The van der Waals surface area contributed by atoms with Gasteiger partial charge in [-0.2, -0.15) is 0 Å². The normalized spacial score (nSPS) is 19.9. The lowest BCUT2D eigenvalue weighted by Crippen LogP contribution is -2.27. The number of aryl methyl sites for hydroxylation is 1. The van der Waals surface area contributed by atoms with Crippen molar-refractivity contribution in [3.05, 3.63) is 77.8 Å². The van der Waals surface area contributed by atoms with E-state index in [-0.39, 0.29) is 11.8 Å². The predicted octanol–water partition coefficient (Wildman–Crippen LogP) is 4.19. The second-order valence-electron chi connectivity index (χ2n) is 7.28. The molecule has 1 aliphatic rings. The first-order valence-corrected chi connectivity index (χ1v) is 10.6. The number of ether oxygens (including phenoxy) is 1. The number of benzene rings is 1. The number of halogens is 2. The van der Waals surface area contributed by atoms with Crippen molar-refractivity contribution in [2.24, 2.45) is 5.92 Å². The van der Waals surface area contributed by atoms with E-state index in [0.717, 1.165) is 17.5 Å². The molecule has 0 saturated heterocycles. The first kappa shape index (κ1) is 20.4. The van der Waals surface area contributed by atoms with E-state index in [0.29, 0.717) is 35.7 Å². The van der Waals surface area contributed by atoms with Crippen LogP contribution in [0, 0.1) is 18.7 Å². The Labute approximate surface area is 182 Å². The van der Waals surface area contributed by atoms with Gasteiger partial charge in [0, 0.05) is 10.7 Å². The van der Waals surface area contributed by atoms with Crippen molar-refractivity contribution in [1.29, 1.82) is 0 Å². The number of carbonyl (C=O) groups is 1. The van der Waals surface area contributed by atoms with Gasteiger partial charge in [-0.3, -0.25) is 4.79 Å². The summed E-state index contributed by atoms with van der Waals surface area (Å²) >= 11 is 3.43. The molecule has 1 aromatic carbocycles. The maximum Gasteiger partial charge on any atom is 0.229 e. The molecule has 0 radical (unpaired) electrons. The van der Waals surface area contributed by atoms with Gasteiger partial charge in [-0.05, 0) is 31.0 Å². The minimum atomic E-state index is -0.458. The SMILES string of the molecule is Cc1ncc(OC[C@@]2(c3ccccc3)C[C@H]2C(=O)Nc2ccc(F)cn2)c(CBr)n1. The van der Waals surface area contributed by atoms with Crippen LogP contribution >= 0.6 is 15.9 Å². The summed E-state index contributed by atoms with van der Waals surface area (Å²) in [6.07, 6.45) is 3.38. The molecule has 0 spiro atoms. The van der Waals surface area contributed by atoms with E-state index >= 15 is 0 Å². The number of hydrogen-bond donors (Lipinski definition) is 1. The Hall–Kier alpha value is -2.87. The molecule has 1 amide bonds. The Morgan fingerprint density at radius 1 is 1.23 bits per heavy atom. The largest absolute Gasteiger partial charge is 0.489 e. The van der Waals surface area contributed by atoms with E-state index in [1.807, 2.05) is 37.3 Å². The van der Waals surface area contributed by atoms with Crippen LogP contribution < -0.4 is 10.1 Å². The molecule has 2 aromatic heterocycles. The Balaban J connectivity index is 1.54. The van der Waals surface area contributed by atoms with Gasteiger partial charge in [0.15, 0.2) is 5.75 Å². The maximum absolute atomic E-state index is 13.1. The zero-order chi connectivity index (χ0) is 21.1. The Kier molecular flexibility index (Phi) is 5.76. The minimum absolute atomic E-state index is 0.164. The average Bonchev–Trinajstić information content (AvgIpc) is 3.51. The molecule has 0 bridgehead atoms. The Bertz CT molecular complexity index is 1050. The van der Waals surface area contributed by atoms with Crippen LogP contribution in [0.25, 0.3) is 0 Å². The molecule has 1 fully saturated rings. The number of alkyl halides is 1. The van der Waals surface area contributed by atoms with Crippen molar-refractivity contribution in [1.82, 2.24) is 15.0 Å². The number of anilines is 1. The molecule has 6 nitrogen and oxygen atoms in total. The van der Waals surface area contributed by atoms with Crippen LogP contribution in [0.4, 0.5) is 10.2 Å². The molecule has 0 unspecified atom stereocenters. The van der Waals surface area contributed by atoms with Crippen LogP contribution in [-0.2, 0) is 15.5 Å². The van der Waals surface area contributed by atoms with Crippen LogP contribution in [0.2, 0.25) is 0 Å². The summed E-state index contributed by atoms with van der Waals surface area (Å²) in [5.41, 5.74) is 1.34. The molecule has 4 rings (SSSR count). The lowest BCUT2D eigenvalue weighted by Gasteiger charge is -2.20. The highest BCUT2D eigenvalue weighted by molar-refractivity contribution is 9.08. The minimum Gasteiger partial charge on any atom is -0.489 e. The van der Waals surface area contributed by atoms with Gasteiger partial charge in [-0.15, -0.1) is 0 Å². The van der Waals surface area contributed by atoms with Crippen LogP contribution in [0.3, 0.4) is 0 Å². The number of nitrogens with one attached hydrogen (secondary N) is 1. The summed E-state index contributed by atoms with van der Waals surface area (Å²) in [6, 6.07) is 12.6. The molecular formula is C22H20BrFN4O2.